The normalized spacial score (nSPS) is 15.6. The van der Waals surface area contributed by atoms with Crippen molar-refractivity contribution in [2.24, 2.45) is 0 Å². The van der Waals surface area contributed by atoms with Gasteiger partial charge in [0.05, 0.1) is 6.61 Å². The van der Waals surface area contributed by atoms with Crippen LogP contribution in [-0.4, -0.2) is 24.7 Å². The minimum absolute atomic E-state index is 0.356. The second kappa shape index (κ2) is 5.11. The quantitative estimate of drug-likeness (QED) is 0.917. The number of ether oxygens (including phenoxy) is 1. The summed E-state index contributed by atoms with van der Waals surface area (Å²) in [5.41, 5.74) is 1.95. The van der Waals surface area contributed by atoms with Crippen molar-refractivity contribution in [3.8, 4) is 5.75 Å². The summed E-state index contributed by atoms with van der Waals surface area (Å²) in [5, 5.41) is 1.94. The topological polar surface area (TPSA) is 38.3 Å². The molecule has 0 fully saturated rings. The van der Waals surface area contributed by atoms with Crippen LogP contribution in [0.2, 0.25) is 0 Å². The van der Waals surface area contributed by atoms with Crippen molar-refractivity contribution in [2.75, 3.05) is 6.61 Å². The maximum atomic E-state index is 12.1. The largest absolute Gasteiger partial charge is 0.493 e. The lowest BCUT2D eigenvalue weighted by molar-refractivity contribution is -0.174. The van der Waals surface area contributed by atoms with Crippen molar-refractivity contribution in [2.45, 2.75) is 32.0 Å². The first kappa shape index (κ1) is 13.7. The molecule has 6 heteroatoms. The first-order chi connectivity index (χ1) is 8.86. The third kappa shape index (κ3) is 3.39. The molecule has 1 aliphatic rings. The lowest BCUT2D eigenvalue weighted by Crippen LogP contribution is -2.42. The monoisotopic (exact) mass is 273 g/mol. The van der Waals surface area contributed by atoms with Crippen LogP contribution in [0.25, 0.3) is 0 Å². The van der Waals surface area contributed by atoms with Crippen molar-refractivity contribution in [1.82, 2.24) is 5.32 Å². The highest BCUT2D eigenvalue weighted by atomic mass is 19.4. The number of fused-ring (bicyclic) bond motifs is 1. The van der Waals surface area contributed by atoms with Gasteiger partial charge in [-0.15, -0.1) is 0 Å². The molecule has 0 aliphatic carbocycles. The summed E-state index contributed by atoms with van der Waals surface area (Å²) < 4.78 is 41.6. The second-order valence-electron chi connectivity index (χ2n) is 4.62. The van der Waals surface area contributed by atoms with Gasteiger partial charge in [-0.3, -0.25) is 4.79 Å². The number of hydrogen-bond acceptors (Lipinski definition) is 2. The molecule has 1 heterocycles. The van der Waals surface area contributed by atoms with Crippen LogP contribution in [0.3, 0.4) is 0 Å². The molecule has 1 amide bonds. The third-order valence-electron chi connectivity index (χ3n) is 2.93. The van der Waals surface area contributed by atoms with Gasteiger partial charge in [0.2, 0.25) is 0 Å². The van der Waals surface area contributed by atoms with Crippen LogP contribution < -0.4 is 10.1 Å². The van der Waals surface area contributed by atoms with Crippen molar-refractivity contribution >= 4 is 5.91 Å². The van der Waals surface area contributed by atoms with E-state index in [0.29, 0.717) is 13.0 Å². The molecule has 1 aromatic rings. The number of nitrogens with one attached hydrogen (secondary N) is 1. The Bertz CT molecular complexity index is 485. The predicted molar refractivity (Wildman–Crippen MR) is 63.0 cm³/mol. The lowest BCUT2D eigenvalue weighted by Gasteiger charge is -2.15. The van der Waals surface area contributed by atoms with E-state index < -0.39 is 18.1 Å². The van der Waals surface area contributed by atoms with E-state index in [1.54, 1.807) is 13.0 Å². The van der Waals surface area contributed by atoms with E-state index in [0.717, 1.165) is 23.3 Å². The predicted octanol–water partition coefficient (Wildman–Crippen LogP) is 2.23. The second-order valence-corrected chi connectivity index (χ2v) is 4.62. The number of carbonyl (C=O) groups excluding carboxylic acids is 1. The Morgan fingerprint density at radius 2 is 2.21 bits per heavy atom. The molecule has 1 aromatic carbocycles. The molecule has 0 aromatic heterocycles. The van der Waals surface area contributed by atoms with Crippen molar-refractivity contribution in [1.29, 1.82) is 0 Å². The Hall–Kier alpha value is -1.72. The lowest BCUT2D eigenvalue weighted by atomic mass is 10.0. The highest BCUT2D eigenvalue weighted by Crippen LogP contribution is 2.26. The molecule has 19 heavy (non-hydrogen) atoms. The van der Waals surface area contributed by atoms with E-state index in [9.17, 15) is 18.0 Å². The zero-order chi connectivity index (χ0) is 14.0. The minimum Gasteiger partial charge on any atom is -0.493 e. The molecule has 0 saturated heterocycles. The number of carbonyl (C=O) groups is 1. The summed E-state index contributed by atoms with van der Waals surface area (Å²) in [7, 11) is 0. The number of benzene rings is 1. The smallest absolute Gasteiger partial charge is 0.471 e. The fourth-order valence-electron chi connectivity index (χ4n) is 2.08. The number of amides is 1. The van der Waals surface area contributed by atoms with Crippen LogP contribution in [0.5, 0.6) is 5.75 Å². The molecule has 1 atom stereocenters. The summed E-state index contributed by atoms with van der Waals surface area (Å²) in [6.07, 6.45) is -3.67. The van der Waals surface area contributed by atoms with Crippen molar-refractivity contribution in [3.05, 3.63) is 29.3 Å². The van der Waals surface area contributed by atoms with Gasteiger partial charge in [-0.05, 0) is 30.5 Å². The number of hydrogen-bond donors (Lipinski definition) is 1. The van der Waals surface area contributed by atoms with Gasteiger partial charge in [-0.2, -0.15) is 13.2 Å². The van der Waals surface area contributed by atoms with Gasteiger partial charge in [0.15, 0.2) is 0 Å². The van der Waals surface area contributed by atoms with Crippen LogP contribution in [0.15, 0.2) is 18.2 Å². The number of halogens is 3. The van der Waals surface area contributed by atoms with Gasteiger partial charge in [0.1, 0.15) is 5.75 Å². The molecule has 104 valence electrons. The molecule has 0 bridgehead atoms. The maximum Gasteiger partial charge on any atom is 0.471 e. The van der Waals surface area contributed by atoms with Gasteiger partial charge in [-0.1, -0.05) is 12.1 Å². The summed E-state index contributed by atoms with van der Waals surface area (Å²) in [4.78, 5) is 10.8. The Morgan fingerprint density at radius 1 is 1.47 bits per heavy atom. The standard InChI is InChI=1S/C13H14F3NO2/c1-8(17-12(18)13(14,15)16)6-9-2-3-11-10(7-9)4-5-19-11/h2-3,7-8H,4-6H2,1H3,(H,17,18). The average molecular weight is 273 g/mol. The first-order valence-corrected chi connectivity index (χ1v) is 5.98. The highest BCUT2D eigenvalue weighted by Gasteiger charge is 2.39. The molecule has 0 radical (unpaired) electrons. The van der Waals surface area contributed by atoms with Gasteiger partial charge in [-0.25, -0.2) is 0 Å². The molecular weight excluding hydrogens is 259 g/mol. The van der Waals surface area contributed by atoms with Crippen LogP contribution in [-0.2, 0) is 17.6 Å². The number of alkyl halides is 3. The van der Waals surface area contributed by atoms with E-state index in [1.807, 2.05) is 17.4 Å². The summed E-state index contributed by atoms with van der Waals surface area (Å²) in [6, 6.07) is 4.96. The Labute approximate surface area is 108 Å². The highest BCUT2D eigenvalue weighted by molar-refractivity contribution is 5.81. The average Bonchev–Trinajstić information content (AvgIpc) is 2.74. The van der Waals surface area contributed by atoms with E-state index in [4.69, 9.17) is 4.74 Å². The number of rotatable bonds is 3. The minimum atomic E-state index is -4.83. The first-order valence-electron chi connectivity index (χ1n) is 5.98. The van der Waals surface area contributed by atoms with Gasteiger partial charge in [0, 0.05) is 12.5 Å². The van der Waals surface area contributed by atoms with Gasteiger partial charge >= 0.3 is 12.1 Å². The van der Waals surface area contributed by atoms with Crippen LogP contribution in [0.4, 0.5) is 13.2 Å². The summed E-state index contributed by atoms with van der Waals surface area (Å²) in [6.45, 7) is 2.19. The zero-order valence-electron chi connectivity index (χ0n) is 10.4. The fourth-order valence-corrected chi connectivity index (χ4v) is 2.08. The van der Waals surface area contributed by atoms with Gasteiger partial charge in [0.25, 0.3) is 0 Å². The molecule has 2 rings (SSSR count). The maximum absolute atomic E-state index is 12.1. The van der Waals surface area contributed by atoms with E-state index in [1.165, 1.54) is 0 Å². The Kier molecular flexibility index (Phi) is 3.68. The van der Waals surface area contributed by atoms with Crippen LogP contribution in [0.1, 0.15) is 18.1 Å². The molecule has 1 unspecified atom stereocenters. The van der Waals surface area contributed by atoms with E-state index in [2.05, 4.69) is 0 Å². The van der Waals surface area contributed by atoms with E-state index >= 15 is 0 Å². The molecular formula is C13H14F3NO2. The van der Waals surface area contributed by atoms with E-state index in [-0.39, 0.29) is 0 Å². The van der Waals surface area contributed by atoms with Crippen molar-refractivity contribution in [3.63, 3.8) is 0 Å². The summed E-state index contributed by atoms with van der Waals surface area (Å²) in [5.74, 6) is -1.07. The molecule has 3 nitrogen and oxygen atoms in total. The molecule has 1 aliphatic heterocycles. The van der Waals surface area contributed by atoms with Crippen LogP contribution in [0, 0.1) is 0 Å². The van der Waals surface area contributed by atoms with Crippen molar-refractivity contribution < 1.29 is 22.7 Å². The molecule has 0 saturated carbocycles. The molecule has 0 spiro atoms. The Balaban J connectivity index is 1.96. The van der Waals surface area contributed by atoms with Crippen LogP contribution >= 0.6 is 0 Å². The SMILES string of the molecule is CC(Cc1ccc2c(c1)CCO2)NC(=O)C(F)(F)F. The summed E-state index contributed by atoms with van der Waals surface area (Å²) >= 11 is 0. The van der Waals surface area contributed by atoms with Gasteiger partial charge < -0.3 is 10.1 Å². The fraction of sp³-hybridized carbons (Fsp3) is 0.462. The molecule has 1 N–H and O–H groups in total. The third-order valence-corrected chi connectivity index (χ3v) is 2.93. The zero-order valence-corrected chi connectivity index (χ0v) is 10.4. The Morgan fingerprint density at radius 3 is 2.89 bits per heavy atom.